The smallest absolute Gasteiger partial charge is 0.318 e. The second-order valence-corrected chi connectivity index (χ2v) is 6.88. The zero-order valence-corrected chi connectivity index (χ0v) is 14.2. The Balaban J connectivity index is 2.04. The van der Waals surface area contributed by atoms with E-state index in [1.54, 1.807) is 4.90 Å². The molecule has 1 heterocycles. The lowest BCUT2D eigenvalue weighted by Gasteiger charge is -2.35. The lowest BCUT2D eigenvalue weighted by molar-refractivity contribution is -0.137. The molecule has 6 nitrogen and oxygen atoms in total. The van der Waals surface area contributed by atoms with Crippen LogP contribution in [-0.4, -0.2) is 51.3 Å². The normalized spacial score (nSPS) is 20.6. The second kappa shape index (κ2) is 7.66. The molecule has 1 aliphatic rings. The summed E-state index contributed by atoms with van der Waals surface area (Å²) in [4.78, 5) is 25.1. The molecule has 1 aliphatic heterocycles. The van der Waals surface area contributed by atoms with Gasteiger partial charge in [-0.05, 0) is 38.7 Å². The SMILES string of the molecule is CC1(C)C(O)CCN1C(=O)NC(CCC(=O)O)Cc1ccccc1. The number of carbonyl (C=O) groups excluding carboxylic acids is 1. The van der Waals surface area contributed by atoms with Gasteiger partial charge in [-0.25, -0.2) is 4.79 Å². The lowest BCUT2D eigenvalue weighted by atomic mass is 9.99. The number of urea groups is 1. The highest BCUT2D eigenvalue weighted by Gasteiger charge is 2.43. The zero-order valence-electron chi connectivity index (χ0n) is 14.2. The number of benzene rings is 1. The van der Waals surface area contributed by atoms with E-state index in [4.69, 9.17) is 5.11 Å². The Hall–Kier alpha value is -2.08. The van der Waals surface area contributed by atoms with Gasteiger partial charge in [-0.3, -0.25) is 4.79 Å². The first kappa shape index (κ1) is 18.3. The van der Waals surface area contributed by atoms with Gasteiger partial charge in [0.1, 0.15) is 0 Å². The van der Waals surface area contributed by atoms with E-state index >= 15 is 0 Å². The van der Waals surface area contributed by atoms with E-state index in [0.29, 0.717) is 25.8 Å². The highest BCUT2D eigenvalue weighted by atomic mass is 16.4. The average molecular weight is 334 g/mol. The number of hydrogen-bond donors (Lipinski definition) is 3. The van der Waals surface area contributed by atoms with Gasteiger partial charge in [0.15, 0.2) is 0 Å². The molecule has 2 unspecified atom stereocenters. The third kappa shape index (κ3) is 4.47. The van der Waals surface area contributed by atoms with Crippen molar-refractivity contribution in [2.45, 2.75) is 57.2 Å². The average Bonchev–Trinajstić information content (AvgIpc) is 2.79. The third-order valence-corrected chi connectivity index (χ3v) is 4.74. The molecule has 1 aromatic rings. The Morgan fingerprint density at radius 3 is 2.54 bits per heavy atom. The van der Waals surface area contributed by atoms with Crippen LogP contribution in [0.1, 0.15) is 38.7 Å². The Labute approximate surface area is 142 Å². The number of nitrogens with zero attached hydrogens (tertiary/aromatic N) is 1. The summed E-state index contributed by atoms with van der Waals surface area (Å²) in [5, 5.41) is 21.9. The topological polar surface area (TPSA) is 89.9 Å². The number of carbonyl (C=O) groups is 2. The molecule has 132 valence electrons. The molecule has 2 amide bonds. The van der Waals surface area contributed by atoms with Crippen molar-refractivity contribution in [3.05, 3.63) is 35.9 Å². The quantitative estimate of drug-likeness (QED) is 0.742. The highest BCUT2D eigenvalue weighted by molar-refractivity contribution is 5.76. The summed E-state index contributed by atoms with van der Waals surface area (Å²) < 4.78 is 0. The maximum Gasteiger partial charge on any atom is 0.318 e. The Morgan fingerprint density at radius 2 is 2.00 bits per heavy atom. The van der Waals surface area contributed by atoms with E-state index < -0.39 is 17.6 Å². The fourth-order valence-electron chi connectivity index (χ4n) is 3.11. The van der Waals surface area contributed by atoms with Crippen molar-refractivity contribution < 1.29 is 19.8 Å². The lowest BCUT2D eigenvalue weighted by Crippen LogP contribution is -2.54. The second-order valence-electron chi connectivity index (χ2n) is 6.88. The van der Waals surface area contributed by atoms with Crippen molar-refractivity contribution in [1.29, 1.82) is 0 Å². The number of carboxylic acid groups (broad SMARTS) is 1. The van der Waals surface area contributed by atoms with Crippen molar-refractivity contribution in [2.75, 3.05) is 6.54 Å². The van der Waals surface area contributed by atoms with E-state index in [9.17, 15) is 14.7 Å². The number of likely N-dealkylation sites (tertiary alicyclic amines) is 1. The molecule has 2 atom stereocenters. The summed E-state index contributed by atoms with van der Waals surface area (Å²) in [6, 6.07) is 9.18. The van der Waals surface area contributed by atoms with Gasteiger partial charge in [-0.15, -0.1) is 0 Å². The maximum atomic E-state index is 12.6. The van der Waals surface area contributed by atoms with Gasteiger partial charge < -0.3 is 20.4 Å². The number of nitrogens with one attached hydrogen (secondary N) is 1. The fourth-order valence-corrected chi connectivity index (χ4v) is 3.11. The van der Waals surface area contributed by atoms with E-state index in [1.807, 2.05) is 44.2 Å². The first-order chi connectivity index (χ1) is 11.3. The summed E-state index contributed by atoms with van der Waals surface area (Å²) in [5.74, 6) is -0.876. The first-order valence-corrected chi connectivity index (χ1v) is 8.32. The van der Waals surface area contributed by atoms with Crippen LogP contribution in [0.25, 0.3) is 0 Å². The van der Waals surface area contributed by atoms with E-state index in [1.165, 1.54) is 0 Å². The van der Waals surface area contributed by atoms with E-state index in [-0.39, 0.29) is 18.5 Å². The number of aliphatic hydroxyl groups excluding tert-OH is 1. The summed E-state index contributed by atoms with van der Waals surface area (Å²) in [6.07, 6.45) is 0.960. The van der Waals surface area contributed by atoms with Crippen LogP contribution in [0.3, 0.4) is 0 Å². The van der Waals surface area contributed by atoms with Gasteiger partial charge in [0.05, 0.1) is 11.6 Å². The Bertz CT molecular complexity index is 574. The van der Waals surface area contributed by atoms with Crippen LogP contribution in [0.4, 0.5) is 4.79 Å². The Kier molecular flexibility index (Phi) is 5.83. The molecule has 24 heavy (non-hydrogen) atoms. The van der Waals surface area contributed by atoms with Gasteiger partial charge in [0, 0.05) is 19.0 Å². The molecule has 0 spiro atoms. The molecule has 1 aromatic carbocycles. The van der Waals surface area contributed by atoms with Crippen molar-refractivity contribution in [2.24, 2.45) is 0 Å². The predicted octanol–water partition coefficient (Wildman–Crippen LogP) is 2.02. The minimum atomic E-state index is -0.876. The molecule has 2 rings (SSSR count). The van der Waals surface area contributed by atoms with Gasteiger partial charge in [-0.1, -0.05) is 30.3 Å². The molecule has 0 aromatic heterocycles. The van der Waals surface area contributed by atoms with Crippen molar-refractivity contribution in [3.8, 4) is 0 Å². The van der Waals surface area contributed by atoms with Crippen LogP contribution in [0.15, 0.2) is 30.3 Å². The monoisotopic (exact) mass is 334 g/mol. The molecule has 6 heteroatoms. The summed E-state index contributed by atoms with van der Waals surface area (Å²) in [7, 11) is 0. The van der Waals surface area contributed by atoms with Crippen LogP contribution >= 0.6 is 0 Å². The van der Waals surface area contributed by atoms with Crippen molar-refractivity contribution in [1.82, 2.24) is 10.2 Å². The number of hydrogen-bond acceptors (Lipinski definition) is 3. The first-order valence-electron chi connectivity index (χ1n) is 8.32. The molecule has 3 N–H and O–H groups in total. The third-order valence-electron chi connectivity index (χ3n) is 4.74. The molecular formula is C18H26N2O4. The number of aliphatic hydroxyl groups is 1. The maximum absolute atomic E-state index is 12.6. The standard InChI is InChI=1S/C18H26N2O4/c1-18(2)15(21)10-11-20(18)17(24)19-14(8-9-16(22)23)12-13-6-4-3-5-7-13/h3-7,14-15,21H,8-12H2,1-2H3,(H,19,24)(H,22,23). The van der Waals surface area contributed by atoms with Crippen molar-refractivity contribution >= 4 is 12.0 Å². The minimum absolute atomic E-state index is 0.00377. The van der Waals surface area contributed by atoms with E-state index in [2.05, 4.69) is 5.32 Å². The summed E-state index contributed by atoms with van der Waals surface area (Å²) in [5.41, 5.74) is 0.433. The van der Waals surface area contributed by atoms with Gasteiger partial charge >= 0.3 is 12.0 Å². The molecule has 0 bridgehead atoms. The molecule has 1 fully saturated rings. The van der Waals surface area contributed by atoms with Crippen LogP contribution < -0.4 is 5.32 Å². The number of rotatable bonds is 6. The van der Waals surface area contributed by atoms with E-state index in [0.717, 1.165) is 5.56 Å². The minimum Gasteiger partial charge on any atom is -0.481 e. The largest absolute Gasteiger partial charge is 0.481 e. The summed E-state index contributed by atoms with van der Waals surface area (Å²) >= 11 is 0. The molecular weight excluding hydrogens is 308 g/mol. The summed E-state index contributed by atoms with van der Waals surface area (Å²) in [6.45, 7) is 4.18. The Morgan fingerprint density at radius 1 is 1.33 bits per heavy atom. The van der Waals surface area contributed by atoms with Gasteiger partial charge in [0.25, 0.3) is 0 Å². The fraction of sp³-hybridized carbons (Fsp3) is 0.556. The zero-order chi connectivity index (χ0) is 17.7. The molecule has 1 saturated heterocycles. The van der Waals surface area contributed by atoms with Crippen molar-refractivity contribution in [3.63, 3.8) is 0 Å². The van der Waals surface area contributed by atoms with Crippen LogP contribution in [0.5, 0.6) is 0 Å². The number of carboxylic acids is 1. The molecule has 0 saturated carbocycles. The molecule has 0 aliphatic carbocycles. The highest BCUT2D eigenvalue weighted by Crippen LogP contribution is 2.28. The molecule has 0 radical (unpaired) electrons. The van der Waals surface area contributed by atoms with Crippen LogP contribution in [0.2, 0.25) is 0 Å². The number of amides is 2. The van der Waals surface area contributed by atoms with Gasteiger partial charge in [0.2, 0.25) is 0 Å². The predicted molar refractivity (Wildman–Crippen MR) is 90.7 cm³/mol. The number of aliphatic carboxylic acids is 1. The van der Waals surface area contributed by atoms with Gasteiger partial charge in [-0.2, -0.15) is 0 Å². The van der Waals surface area contributed by atoms with Crippen LogP contribution in [-0.2, 0) is 11.2 Å². The van der Waals surface area contributed by atoms with Crippen LogP contribution in [0, 0.1) is 0 Å².